The van der Waals surface area contributed by atoms with Crippen LogP contribution < -0.4 is 20.7 Å². The lowest BCUT2D eigenvalue weighted by molar-refractivity contribution is -0.0441. The lowest BCUT2D eigenvalue weighted by Gasteiger charge is -2.61. The van der Waals surface area contributed by atoms with E-state index >= 15 is 0 Å². The van der Waals surface area contributed by atoms with Gasteiger partial charge in [-0.3, -0.25) is 9.59 Å². The van der Waals surface area contributed by atoms with Gasteiger partial charge in [-0.15, -0.1) is 0 Å². The van der Waals surface area contributed by atoms with Gasteiger partial charge in [0.2, 0.25) is 11.8 Å². The van der Waals surface area contributed by atoms with Crippen molar-refractivity contribution in [2.75, 3.05) is 24.6 Å². The Morgan fingerprint density at radius 1 is 1.16 bits per heavy atom. The molecule has 0 radical (unpaired) electrons. The molecule has 32 heavy (non-hydrogen) atoms. The van der Waals surface area contributed by atoms with E-state index in [4.69, 9.17) is 10.5 Å². The largest absolute Gasteiger partial charge is 0.464 e. The van der Waals surface area contributed by atoms with E-state index in [1.165, 1.54) is 0 Å². The summed E-state index contributed by atoms with van der Waals surface area (Å²) in [5, 5.41) is 3.11. The van der Waals surface area contributed by atoms with Crippen molar-refractivity contribution >= 4 is 17.8 Å². The SMILES string of the molecule is CCOc1nc(C(=O)NC23CC(C2)C3)nc(N2CCC(c3cccc(C(N)=O)n3)CC2)n1. The van der Waals surface area contributed by atoms with Crippen LogP contribution in [0.25, 0.3) is 0 Å². The number of primary amides is 1. The van der Waals surface area contributed by atoms with Gasteiger partial charge in [0, 0.05) is 30.2 Å². The minimum absolute atomic E-state index is 0.0505. The second-order valence-corrected chi connectivity index (χ2v) is 8.96. The first-order chi connectivity index (χ1) is 15.4. The Bertz CT molecular complexity index is 1030. The van der Waals surface area contributed by atoms with Gasteiger partial charge in [0.05, 0.1) is 6.61 Å². The summed E-state index contributed by atoms with van der Waals surface area (Å²) in [6, 6.07) is 5.53. The van der Waals surface area contributed by atoms with Crippen LogP contribution in [0.4, 0.5) is 5.95 Å². The summed E-state index contributed by atoms with van der Waals surface area (Å²) in [4.78, 5) is 43.8. The predicted molar refractivity (Wildman–Crippen MR) is 115 cm³/mol. The van der Waals surface area contributed by atoms with Crippen molar-refractivity contribution in [3.8, 4) is 6.01 Å². The quantitative estimate of drug-likeness (QED) is 0.664. The number of carbonyl (C=O) groups excluding carboxylic acids is 2. The molecule has 3 saturated carbocycles. The zero-order chi connectivity index (χ0) is 22.3. The van der Waals surface area contributed by atoms with E-state index in [9.17, 15) is 9.59 Å². The Kier molecular flexibility index (Phi) is 5.15. The van der Waals surface area contributed by atoms with Crippen molar-refractivity contribution in [1.82, 2.24) is 25.3 Å². The van der Waals surface area contributed by atoms with E-state index in [1.54, 1.807) is 6.07 Å². The highest BCUT2D eigenvalue weighted by Crippen LogP contribution is 2.56. The number of pyridine rings is 1. The standard InChI is InChI=1S/C22H27N7O3/c1-2-32-21-26-18(19(31)28-22-10-13(11-22)12-22)25-20(27-21)29-8-6-14(7-9-29)15-4-3-5-16(24-15)17(23)30/h3-5,13-14H,2,6-12H2,1H3,(H2,23,30)(H,28,31). The van der Waals surface area contributed by atoms with Crippen LogP contribution >= 0.6 is 0 Å². The molecule has 1 saturated heterocycles. The van der Waals surface area contributed by atoms with Crippen LogP contribution in [0, 0.1) is 5.92 Å². The zero-order valence-corrected chi connectivity index (χ0v) is 18.1. The summed E-state index contributed by atoms with van der Waals surface area (Å²) >= 11 is 0. The fourth-order valence-electron chi connectivity index (χ4n) is 4.90. The third-order valence-electron chi connectivity index (χ3n) is 6.72. The number of amides is 2. The van der Waals surface area contributed by atoms with Crippen LogP contribution in [-0.4, -0.2) is 57.0 Å². The van der Waals surface area contributed by atoms with Gasteiger partial charge in [-0.1, -0.05) is 6.07 Å². The number of anilines is 1. The van der Waals surface area contributed by atoms with Crippen LogP contribution in [0.2, 0.25) is 0 Å². The molecule has 168 valence electrons. The molecule has 0 spiro atoms. The molecule has 2 aromatic rings. The summed E-state index contributed by atoms with van der Waals surface area (Å²) in [5.74, 6) is 0.732. The molecule has 2 bridgehead atoms. The maximum Gasteiger partial charge on any atom is 0.321 e. The lowest BCUT2D eigenvalue weighted by atomic mass is 9.50. The normalized spacial score (nSPS) is 24.3. The number of rotatable bonds is 7. The van der Waals surface area contributed by atoms with Crippen molar-refractivity contribution in [2.24, 2.45) is 11.7 Å². The Labute approximate surface area is 186 Å². The summed E-state index contributed by atoms with van der Waals surface area (Å²) < 4.78 is 5.51. The molecule has 2 amide bonds. The molecular formula is C22H27N7O3. The van der Waals surface area contributed by atoms with E-state index in [2.05, 4.69) is 25.3 Å². The van der Waals surface area contributed by atoms with E-state index in [1.807, 2.05) is 24.0 Å². The monoisotopic (exact) mass is 437 g/mol. The van der Waals surface area contributed by atoms with E-state index in [0.717, 1.165) is 43.7 Å². The number of nitrogens with two attached hydrogens (primary N) is 1. The molecule has 2 aromatic heterocycles. The van der Waals surface area contributed by atoms with Gasteiger partial charge in [-0.25, -0.2) is 4.98 Å². The fourth-order valence-corrected chi connectivity index (χ4v) is 4.90. The minimum Gasteiger partial charge on any atom is -0.464 e. The third-order valence-corrected chi connectivity index (χ3v) is 6.72. The van der Waals surface area contributed by atoms with Gasteiger partial charge in [0.15, 0.2) is 0 Å². The maximum atomic E-state index is 12.8. The number of hydrogen-bond donors (Lipinski definition) is 2. The first-order valence-corrected chi connectivity index (χ1v) is 11.2. The number of nitrogens with zero attached hydrogens (tertiary/aromatic N) is 5. The second kappa shape index (κ2) is 7.99. The first-order valence-electron chi connectivity index (χ1n) is 11.2. The summed E-state index contributed by atoms with van der Waals surface area (Å²) in [6.45, 7) is 3.63. The second-order valence-electron chi connectivity index (χ2n) is 8.96. The van der Waals surface area contributed by atoms with Crippen LogP contribution in [-0.2, 0) is 0 Å². The Hall–Kier alpha value is -3.30. The average Bonchev–Trinajstić information content (AvgIpc) is 2.75. The van der Waals surface area contributed by atoms with Crippen molar-refractivity contribution in [1.29, 1.82) is 0 Å². The van der Waals surface area contributed by atoms with Gasteiger partial charge in [0.25, 0.3) is 11.8 Å². The number of aromatic nitrogens is 4. The van der Waals surface area contributed by atoms with Crippen LogP contribution in [0.1, 0.15) is 71.7 Å². The average molecular weight is 438 g/mol. The van der Waals surface area contributed by atoms with Gasteiger partial charge < -0.3 is 20.7 Å². The molecule has 0 aromatic carbocycles. The topological polar surface area (TPSA) is 136 Å². The molecule has 0 unspecified atom stereocenters. The minimum atomic E-state index is -0.525. The number of ether oxygens (including phenoxy) is 1. The molecular weight excluding hydrogens is 410 g/mol. The molecule has 0 atom stereocenters. The molecule has 6 rings (SSSR count). The highest BCUT2D eigenvalue weighted by Gasteiger charge is 2.57. The Morgan fingerprint density at radius 2 is 1.91 bits per heavy atom. The molecule has 4 fully saturated rings. The summed E-state index contributed by atoms with van der Waals surface area (Å²) in [7, 11) is 0. The fraction of sp³-hybridized carbons (Fsp3) is 0.545. The zero-order valence-electron chi connectivity index (χ0n) is 18.1. The van der Waals surface area contributed by atoms with E-state index in [-0.39, 0.29) is 34.9 Å². The maximum absolute atomic E-state index is 12.8. The van der Waals surface area contributed by atoms with Gasteiger partial charge in [-0.2, -0.15) is 15.0 Å². The van der Waals surface area contributed by atoms with Crippen molar-refractivity contribution in [2.45, 2.75) is 50.5 Å². The molecule has 3 N–H and O–H groups in total. The van der Waals surface area contributed by atoms with Gasteiger partial charge in [0.1, 0.15) is 5.69 Å². The predicted octanol–water partition coefficient (Wildman–Crippen LogP) is 1.43. The molecule has 10 nitrogen and oxygen atoms in total. The van der Waals surface area contributed by atoms with Gasteiger partial charge >= 0.3 is 6.01 Å². The highest BCUT2D eigenvalue weighted by atomic mass is 16.5. The van der Waals surface area contributed by atoms with E-state index in [0.29, 0.717) is 25.6 Å². The molecule has 3 heterocycles. The molecule has 3 aliphatic carbocycles. The highest BCUT2D eigenvalue weighted by molar-refractivity contribution is 5.91. The van der Waals surface area contributed by atoms with Crippen LogP contribution in [0.15, 0.2) is 18.2 Å². The van der Waals surface area contributed by atoms with Crippen molar-refractivity contribution in [3.05, 3.63) is 35.4 Å². The number of hydrogen-bond acceptors (Lipinski definition) is 8. The third kappa shape index (κ3) is 3.85. The van der Waals surface area contributed by atoms with E-state index < -0.39 is 5.91 Å². The molecule has 10 heteroatoms. The lowest BCUT2D eigenvalue weighted by Crippen LogP contribution is -2.68. The van der Waals surface area contributed by atoms with Crippen LogP contribution in [0.3, 0.4) is 0 Å². The van der Waals surface area contributed by atoms with Crippen LogP contribution in [0.5, 0.6) is 6.01 Å². The molecule has 4 aliphatic rings. The first kappa shape index (κ1) is 20.6. The molecule has 1 aliphatic heterocycles. The Morgan fingerprint density at radius 3 is 2.53 bits per heavy atom. The van der Waals surface area contributed by atoms with Crippen molar-refractivity contribution in [3.63, 3.8) is 0 Å². The summed E-state index contributed by atoms with van der Waals surface area (Å²) in [5.41, 5.74) is 6.46. The summed E-state index contributed by atoms with van der Waals surface area (Å²) in [6.07, 6.45) is 4.78. The number of piperidine rings is 1. The van der Waals surface area contributed by atoms with Gasteiger partial charge in [-0.05, 0) is 57.1 Å². The number of carbonyl (C=O) groups is 2. The van der Waals surface area contributed by atoms with Crippen molar-refractivity contribution < 1.29 is 14.3 Å². The smallest absolute Gasteiger partial charge is 0.321 e. The number of nitrogens with one attached hydrogen (secondary N) is 1. The Balaban J connectivity index is 1.30.